The van der Waals surface area contributed by atoms with Gasteiger partial charge in [-0.2, -0.15) is 0 Å². The number of Topliss-reactive ketones (excluding diaryl/α,β-unsaturated/α-hetero) is 1. The van der Waals surface area contributed by atoms with Gasteiger partial charge in [-0.3, -0.25) is 14.4 Å². The Kier molecular flexibility index (Phi) is 11.9. The molecule has 8 atom stereocenters. The number of allylic oxidation sites excluding steroid dienone is 4. The predicted molar refractivity (Wildman–Crippen MR) is 171 cm³/mol. The van der Waals surface area contributed by atoms with Crippen molar-refractivity contribution in [2.24, 2.45) is 22.7 Å². The summed E-state index contributed by atoms with van der Waals surface area (Å²) in [6.45, 7) is 4.67. The smallest absolute Gasteiger partial charge is 0.306 e. The third-order valence-corrected chi connectivity index (χ3v) is 12.2. The molecular weight excluding hydrogens is 575 g/mol. The lowest BCUT2D eigenvalue weighted by atomic mass is 9.44. The van der Waals surface area contributed by atoms with Gasteiger partial charge in [0.15, 0.2) is 22.8 Å². The van der Waals surface area contributed by atoms with E-state index in [1.54, 1.807) is 19.9 Å². The molecule has 0 bridgehead atoms. The van der Waals surface area contributed by atoms with Gasteiger partial charge in [0.25, 0.3) is 0 Å². The highest BCUT2D eigenvalue weighted by molar-refractivity contribution is 6.01. The molecule has 3 saturated carbocycles. The Labute approximate surface area is 269 Å². The molecule has 0 saturated heterocycles. The van der Waals surface area contributed by atoms with E-state index in [-0.39, 0.29) is 25.0 Å². The Bertz CT molecular complexity index is 1130. The standard InChI is InChI=1S/C37H57FO7/c1-4-5-6-7-8-9-10-11-12-13-14-15-16-17-33(43)45-32-24-35(3)29(23-30(41)37(35,44)31(42)25-39)28-19-18-26-22-27(40)20-21-34(26,2)36(28,32)38/h20-22,28-30,32,39,41,44H,4-19,23-25H2,1-3H3/t28-,29-,30+,32-,34-,35-,36-,37-/m0/s1. The number of ether oxygens (including phenoxy) is 1. The van der Waals surface area contributed by atoms with E-state index in [1.165, 1.54) is 69.9 Å². The summed E-state index contributed by atoms with van der Waals surface area (Å²) >= 11 is 0. The Balaban J connectivity index is 1.40. The van der Waals surface area contributed by atoms with E-state index in [2.05, 4.69) is 6.92 Å². The van der Waals surface area contributed by atoms with Gasteiger partial charge in [0.05, 0.1) is 6.10 Å². The lowest BCUT2D eigenvalue weighted by Crippen LogP contribution is -2.70. The SMILES string of the molecule is CCCCCCCCCCCCCCCC(=O)O[C@H]1C[C@@]2(C)[C@@H](C[C@@H](O)[C@]2(O)C(=O)CO)[C@@H]2CCC3=CC(=O)C=C[C@]3(C)[C@@]12F. The van der Waals surface area contributed by atoms with Crippen molar-refractivity contribution in [2.45, 2.75) is 160 Å². The maximum Gasteiger partial charge on any atom is 0.306 e. The fourth-order valence-electron chi connectivity index (χ4n) is 9.44. The zero-order valence-electron chi connectivity index (χ0n) is 27.8. The van der Waals surface area contributed by atoms with Crippen molar-refractivity contribution in [2.75, 3.05) is 6.61 Å². The second kappa shape index (κ2) is 14.9. The first-order chi connectivity index (χ1) is 21.4. The molecule has 0 aromatic rings. The normalized spacial score (nSPS) is 37.0. The Morgan fingerprint density at radius 3 is 2.11 bits per heavy atom. The average molecular weight is 633 g/mol. The minimum absolute atomic E-state index is 0.00747. The molecule has 0 aromatic carbocycles. The van der Waals surface area contributed by atoms with Crippen LogP contribution < -0.4 is 0 Å². The highest BCUT2D eigenvalue weighted by Gasteiger charge is 2.77. The molecule has 0 amide bonds. The third kappa shape index (κ3) is 6.62. The van der Waals surface area contributed by atoms with Gasteiger partial charge in [-0.15, -0.1) is 0 Å². The summed E-state index contributed by atoms with van der Waals surface area (Å²) in [5.41, 5.74) is -6.30. The van der Waals surface area contributed by atoms with Crippen molar-refractivity contribution in [1.29, 1.82) is 0 Å². The highest BCUT2D eigenvalue weighted by atomic mass is 19.1. The van der Waals surface area contributed by atoms with Gasteiger partial charge in [0, 0.05) is 23.2 Å². The van der Waals surface area contributed by atoms with Crippen LogP contribution in [0.5, 0.6) is 0 Å². The maximum absolute atomic E-state index is 18.1. The molecule has 3 N–H and O–H groups in total. The molecule has 0 unspecified atom stereocenters. The lowest BCUT2D eigenvalue weighted by Gasteiger charge is -2.62. The number of carbonyl (C=O) groups is 3. The van der Waals surface area contributed by atoms with E-state index < -0.39 is 64.5 Å². The molecule has 3 fully saturated rings. The largest absolute Gasteiger partial charge is 0.459 e. The van der Waals surface area contributed by atoms with Crippen LogP contribution in [-0.2, 0) is 19.1 Å². The zero-order chi connectivity index (χ0) is 32.9. The van der Waals surface area contributed by atoms with Crippen LogP contribution >= 0.6 is 0 Å². The maximum atomic E-state index is 18.1. The summed E-state index contributed by atoms with van der Waals surface area (Å²) in [5.74, 6) is -2.99. The second-order valence-electron chi connectivity index (χ2n) is 14.8. The van der Waals surface area contributed by atoms with E-state index in [4.69, 9.17) is 4.74 Å². The van der Waals surface area contributed by atoms with Crippen molar-refractivity contribution in [3.8, 4) is 0 Å². The van der Waals surface area contributed by atoms with Crippen molar-refractivity contribution in [3.63, 3.8) is 0 Å². The Morgan fingerprint density at radius 2 is 1.53 bits per heavy atom. The fraction of sp³-hybridized carbons (Fsp3) is 0.811. The topological polar surface area (TPSA) is 121 Å². The summed E-state index contributed by atoms with van der Waals surface area (Å²) in [7, 11) is 0. The van der Waals surface area contributed by atoms with Crippen LogP contribution in [0, 0.1) is 22.7 Å². The first-order valence-corrected chi connectivity index (χ1v) is 17.8. The number of ketones is 2. The first kappa shape index (κ1) is 35.9. The van der Waals surface area contributed by atoms with E-state index in [0.29, 0.717) is 24.8 Å². The summed E-state index contributed by atoms with van der Waals surface area (Å²) in [6.07, 6.45) is 17.7. The first-order valence-electron chi connectivity index (χ1n) is 17.8. The van der Waals surface area contributed by atoms with Gasteiger partial charge < -0.3 is 20.1 Å². The number of hydrogen-bond acceptors (Lipinski definition) is 7. The van der Waals surface area contributed by atoms with Crippen LogP contribution in [0.1, 0.15) is 136 Å². The molecular formula is C37H57FO7. The highest BCUT2D eigenvalue weighted by Crippen LogP contribution is 2.70. The molecule has 7 nitrogen and oxygen atoms in total. The molecule has 45 heavy (non-hydrogen) atoms. The second-order valence-corrected chi connectivity index (χ2v) is 14.8. The Morgan fingerprint density at radius 1 is 0.956 bits per heavy atom. The van der Waals surface area contributed by atoms with E-state index in [1.807, 2.05) is 0 Å². The molecule has 0 aromatic heterocycles. The van der Waals surface area contributed by atoms with E-state index in [0.717, 1.165) is 19.3 Å². The van der Waals surface area contributed by atoms with Gasteiger partial charge in [-0.05, 0) is 57.1 Å². The molecule has 0 radical (unpaired) electrons. The molecule has 254 valence electrons. The molecule has 8 heteroatoms. The summed E-state index contributed by atoms with van der Waals surface area (Å²) in [5, 5.41) is 32.4. The van der Waals surface area contributed by atoms with Crippen LogP contribution in [0.2, 0.25) is 0 Å². The van der Waals surface area contributed by atoms with Crippen LogP contribution in [0.3, 0.4) is 0 Å². The number of fused-ring (bicyclic) bond motifs is 5. The third-order valence-electron chi connectivity index (χ3n) is 12.2. The molecule has 4 rings (SSSR count). The number of esters is 1. The van der Waals surface area contributed by atoms with E-state index >= 15 is 4.39 Å². The van der Waals surface area contributed by atoms with Crippen molar-refractivity contribution < 1.29 is 38.8 Å². The van der Waals surface area contributed by atoms with Gasteiger partial charge in [0.2, 0.25) is 0 Å². The summed E-state index contributed by atoms with van der Waals surface area (Å²) < 4.78 is 24.1. The summed E-state index contributed by atoms with van der Waals surface area (Å²) in [4.78, 5) is 38.5. The number of carbonyl (C=O) groups excluding carboxylic acids is 3. The minimum atomic E-state index is -2.29. The number of hydrogen-bond donors (Lipinski definition) is 3. The van der Waals surface area contributed by atoms with Gasteiger partial charge in [-0.25, -0.2) is 4.39 Å². The quantitative estimate of drug-likeness (QED) is 0.121. The fourth-order valence-corrected chi connectivity index (χ4v) is 9.44. The number of rotatable bonds is 17. The van der Waals surface area contributed by atoms with Gasteiger partial charge >= 0.3 is 5.97 Å². The molecule has 4 aliphatic rings. The van der Waals surface area contributed by atoms with Crippen molar-refractivity contribution >= 4 is 17.5 Å². The van der Waals surface area contributed by atoms with Gasteiger partial charge in [-0.1, -0.05) is 103 Å². The Hall–Kier alpha value is -1.90. The van der Waals surface area contributed by atoms with E-state index in [9.17, 15) is 29.7 Å². The number of aliphatic hydroxyl groups is 3. The molecule has 0 spiro atoms. The zero-order valence-corrected chi connectivity index (χ0v) is 27.8. The molecule has 0 aliphatic heterocycles. The number of alkyl halides is 1. The van der Waals surface area contributed by atoms with Crippen molar-refractivity contribution in [3.05, 3.63) is 23.8 Å². The van der Waals surface area contributed by atoms with Crippen LogP contribution in [-0.4, -0.2) is 62.9 Å². The monoisotopic (exact) mass is 632 g/mol. The number of unbranched alkanes of at least 4 members (excludes halogenated alkanes) is 12. The summed E-state index contributed by atoms with van der Waals surface area (Å²) in [6, 6.07) is 0. The molecule has 4 aliphatic carbocycles. The van der Waals surface area contributed by atoms with Crippen LogP contribution in [0.25, 0.3) is 0 Å². The molecule has 0 heterocycles. The average Bonchev–Trinajstić information content (AvgIpc) is 3.21. The van der Waals surface area contributed by atoms with Gasteiger partial charge in [0.1, 0.15) is 12.7 Å². The van der Waals surface area contributed by atoms with Crippen molar-refractivity contribution in [1.82, 2.24) is 0 Å². The van der Waals surface area contributed by atoms with Crippen LogP contribution in [0.4, 0.5) is 4.39 Å². The lowest BCUT2D eigenvalue weighted by molar-refractivity contribution is -0.232. The predicted octanol–water partition coefficient (Wildman–Crippen LogP) is 6.65. The number of aliphatic hydroxyl groups excluding tert-OH is 2. The van der Waals surface area contributed by atoms with Crippen LogP contribution in [0.15, 0.2) is 23.8 Å². The minimum Gasteiger partial charge on any atom is -0.459 e. The number of halogens is 1.